The Hall–Kier alpha value is -2.24. The number of anilines is 1. The van der Waals surface area contributed by atoms with Crippen LogP contribution in [0.15, 0.2) is 47.1 Å². The van der Waals surface area contributed by atoms with Crippen LogP contribution in [0.1, 0.15) is 69.8 Å². The summed E-state index contributed by atoms with van der Waals surface area (Å²) in [5.41, 5.74) is 5.45. The van der Waals surface area contributed by atoms with Crippen LogP contribution in [0.5, 0.6) is 0 Å². The number of ether oxygens (including phenoxy) is 1. The number of ketones is 2. The van der Waals surface area contributed by atoms with Gasteiger partial charge in [-0.25, -0.2) is 0 Å². The van der Waals surface area contributed by atoms with Gasteiger partial charge in [-0.1, -0.05) is 24.6 Å². The van der Waals surface area contributed by atoms with Gasteiger partial charge in [0.25, 0.3) is 0 Å². The number of hydrogen-bond donors (Lipinski definition) is 1. The molecule has 5 nitrogen and oxygen atoms in total. The van der Waals surface area contributed by atoms with Crippen LogP contribution in [0.2, 0.25) is 0 Å². The number of fused-ring (bicyclic) bond motifs is 5. The van der Waals surface area contributed by atoms with Crippen LogP contribution < -0.4 is 4.90 Å². The molecule has 34 heavy (non-hydrogen) atoms. The van der Waals surface area contributed by atoms with Crippen molar-refractivity contribution in [1.82, 2.24) is 0 Å². The van der Waals surface area contributed by atoms with Crippen LogP contribution >= 0.6 is 0 Å². The van der Waals surface area contributed by atoms with Crippen molar-refractivity contribution in [2.45, 2.75) is 76.1 Å². The van der Waals surface area contributed by atoms with E-state index in [1.54, 1.807) is 0 Å². The third-order valence-electron chi connectivity index (χ3n) is 9.81. The lowest BCUT2D eigenvalue weighted by Crippen LogP contribution is -2.54. The van der Waals surface area contributed by atoms with Crippen LogP contribution in [-0.4, -0.2) is 42.7 Å². The summed E-state index contributed by atoms with van der Waals surface area (Å²) in [7, 11) is 4.10. The van der Waals surface area contributed by atoms with Gasteiger partial charge < -0.3 is 14.7 Å². The Morgan fingerprint density at radius 2 is 1.82 bits per heavy atom. The predicted molar refractivity (Wildman–Crippen MR) is 130 cm³/mol. The summed E-state index contributed by atoms with van der Waals surface area (Å²) in [6.45, 7) is 2.26. The number of allylic oxidation sites excluding steroid dienone is 4. The van der Waals surface area contributed by atoms with Crippen molar-refractivity contribution in [2.24, 2.45) is 17.3 Å². The molecule has 1 heterocycles. The van der Waals surface area contributed by atoms with Crippen molar-refractivity contribution in [1.29, 1.82) is 0 Å². The van der Waals surface area contributed by atoms with Crippen LogP contribution in [-0.2, 0) is 14.3 Å². The smallest absolute Gasteiger partial charge is 0.170 e. The van der Waals surface area contributed by atoms with Gasteiger partial charge in [-0.05, 0) is 85.3 Å². The highest BCUT2D eigenvalue weighted by molar-refractivity contribution is 5.93. The highest BCUT2D eigenvalue weighted by atomic mass is 16.6. The van der Waals surface area contributed by atoms with Gasteiger partial charge in [0.15, 0.2) is 17.9 Å². The Morgan fingerprint density at radius 1 is 1.06 bits per heavy atom. The molecule has 1 unspecified atom stereocenters. The van der Waals surface area contributed by atoms with Gasteiger partial charge in [0.2, 0.25) is 0 Å². The largest absolute Gasteiger partial charge is 0.378 e. The van der Waals surface area contributed by atoms with E-state index < -0.39 is 11.9 Å². The summed E-state index contributed by atoms with van der Waals surface area (Å²) in [6, 6.07) is 8.85. The highest BCUT2D eigenvalue weighted by Gasteiger charge is 2.69. The van der Waals surface area contributed by atoms with Crippen LogP contribution in [0.25, 0.3) is 0 Å². The lowest BCUT2D eigenvalue weighted by Gasteiger charge is -2.54. The zero-order chi connectivity index (χ0) is 23.8. The first-order valence-electron chi connectivity index (χ1n) is 12.9. The zero-order valence-electron chi connectivity index (χ0n) is 20.5. The molecule has 5 aliphatic rings. The molecular formula is C29H35NO4. The first-order chi connectivity index (χ1) is 16.2. The van der Waals surface area contributed by atoms with E-state index in [1.165, 1.54) is 28.0 Å². The fourth-order valence-electron chi connectivity index (χ4n) is 8.27. The minimum Gasteiger partial charge on any atom is -0.378 e. The van der Waals surface area contributed by atoms with E-state index in [1.807, 2.05) is 6.08 Å². The van der Waals surface area contributed by atoms with Crippen molar-refractivity contribution < 1.29 is 19.4 Å². The minimum absolute atomic E-state index is 0.0856. The fourth-order valence-corrected chi connectivity index (χ4v) is 8.27. The van der Waals surface area contributed by atoms with E-state index in [-0.39, 0.29) is 29.3 Å². The van der Waals surface area contributed by atoms with Gasteiger partial charge in [-0.2, -0.15) is 0 Å². The van der Waals surface area contributed by atoms with Crippen molar-refractivity contribution in [3.8, 4) is 0 Å². The molecule has 2 saturated carbocycles. The van der Waals surface area contributed by atoms with E-state index in [9.17, 15) is 14.7 Å². The van der Waals surface area contributed by atoms with E-state index in [2.05, 4.69) is 50.2 Å². The molecule has 4 aliphatic carbocycles. The Balaban J connectivity index is 1.51. The van der Waals surface area contributed by atoms with Gasteiger partial charge >= 0.3 is 0 Å². The first-order valence-corrected chi connectivity index (χ1v) is 12.9. The van der Waals surface area contributed by atoms with Crippen molar-refractivity contribution >= 4 is 17.3 Å². The summed E-state index contributed by atoms with van der Waals surface area (Å²) in [5.74, 6) is 1.29. The number of hydrogen-bond acceptors (Lipinski definition) is 5. The second kappa shape index (κ2) is 7.63. The number of nitrogens with zero attached hydrogens (tertiary/aromatic N) is 1. The third-order valence-corrected chi connectivity index (χ3v) is 9.81. The number of carbonyl (C=O) groups is 2. The molecule has 1 aliphatic heterocycles. The molecule has 0 radical (unpaired) electrons. The molecule has 0 bridgehead atoms. The molecule has 180 valence electrons. The molecule has 1 aromatic carbocycles. The van der Waals surface area contributed by atoms with Gasteiger partial charge in [0.1, 0.15) is 5.60 Å². The van der Waals surface area contributed by atoms with Crippen LogP contribution in [0, 0.1) is 17.3 Å². The maximum Gasteiger partial charge on any atom is 0.170 e. The molecule has 6 rings (SSSR count). The maximum atomic E-state index is 13.3. The molecular weight excluding hydrogens is 426 g/mol. The van der Waals surface area contributed by atoms with Crippen molar-refractivity contribution in [3.05, 3.63) is 52.6 Å². The quantitative estimate of drug-likeness (QED) is 0.692. The van der Waals surface area contributed by atoms with Gasteiger partial charge in [-0.3, -0.25) is 9.59 Å². The lowest BCUT2D eigenvalue weighted by molar-refractivity contribution is -0.188. The lowest BCUT2D eigenvalue weighted by atomic mass is 9.51. The highest BCUT2D eigenvalue weighted by Crippen LogP contribution is 2.68. The van der Waals surface area contributed by atoms with Crippen LogP contribution in [0.3, 0.4) is 0 Å². The Kier molecular flexibility index (Phi) is 4.99. The molecule has 1 N–H and O–H groups in total. The zero-order valence-corrected chi connectivity index (χ0v) is 20.5. The summed E-state index contributed by atoms with van der Waals surface area (Å²) in [6.07, 6.45) is 6.94. The SMILES string of the molecule is CN(C)c1ccc([C@H]2C[C@@]3(C)[C@@H](CC[C@@]34OC(O)CC4=O)[C@@H]3CCC4=CC(=O)CCC4=C32)cc1. The Bertz CT molecular complexity index is 1120. The van der Waals surface area contributed by atoms with E-state index in [4.69, 9.17) is 4.74 Å². The molecule has 1 aromatic rings. The number of aliphatic hydroxyl groups excluding tert-OH is 1. The molecule has 0 aromatic heterocycles. The standard InChI is InChI=1S/C29H35NO4/c1-28-16-23(17-4-7-19(8-5-17)30(2)3)27-21-11-9-20(31)14-18(21)6-10-22(27)24(28)12-13-29(28)25(32)15-26(33)34-29/h4-5,7-8,14,22-24,26,33H,6,9-13,15-16H2,1-3H3/t22-,23+,24-,26?,28-,29-/m0/s1. The first kappa shape index (κ1) is 22.2. The van der Waals surface area contributed by atoms with E-state index >= 15 is 0 Å². The Morgan fingerprint density at radius 3 is 2.50 bits per heavy atom. The summed E-state index contributed by atoms with van der Waals surface area (Å²) in [4.78, 5) is 27.6. The number of rotatable bonds is 2. The minimum atomic E-state index is -0.981. The average Bonchev–Trinajstić information content (AvgIpc) is 3.27. The third kappa shape index (κ3) is 2.99. The number of Topliss-reactive ketones (excluding diaryl/α,β-unsaturated/α-hetero) is 1. The molecule has 6 atom stereocenters. The van der Waals surface area contributed by atoms with Gasteiger partial charge in [-0.15, -0.1) is 0 Å². The van der Waals surface area contributed by atoms with Crippen molar-refractivity contribution in [2.75, 3.05) is 19.0 Å². The molecule has 5 heteroatoms. The fraction of sp³-hybridized carbons (Fsp3) is 0.586. The molecule has 0 amide bonds. The second-order valence-corrected chi connectivity index (χ2v) is 11.5. The average molecular weight is 462 g/mol. The molecule has 3 fully saturated rings. The number of aliphatic hydroxyl groups is 1. The summed E-state index contributed by atoms with van der Waals surface area (Å²) >= 11 is 0. The number of carbonyl (C=O) groups excluding carboxylic acids is 2. The predicted octanol–water partition coefficient (Wildman–Crippen LogP) is 4.70. The van der Waals surface area contributed by atoms with Gasteiger partial charge in [0.05, 0.1) is 6.42 Å². The van der Waals surface area contributed by atoms with E-state index in [0.29, 0.717) is 24.7 Å². The topological polar surface area (TPSA) is 66.8 Å². The second-order valence-electron chi connectivity index (χ2n) is 11.5. The summed E-state index contributed by atoms with van der Waals surface area (Å²) < 4.78 is 6.16. The normalized spacial score (nSPS) is 39.1. The Labute approximate surface area is 201 Å². The van der Waals surface area contributed by atoms with Gasteiger partial charge in [0, 0.05) is 37.5 Å². The molecule has 1 spiro atoms. The summed E-state index contributed by atoms with van der Waals surface area (Å²) in [5, 5.41) is 10.3. The van der Waals surface area contributed by atoms with Crippen LogP contribution in [0.4, 0.5) is 5.69 Å². The van der Waals surface area contributed by atoms with E-state index in [0.717, 1.165) is 32.1 Å². The van der Waals surface area contributed by atoms with Crippen molar-refractivity contribution in [3.63, 3.8) is 0 Å². The number of benzene rings is 1. The molecule has 1 saturated heterocycles. The maximum absolute atomic E-state index is 13.3. The monoisotopic (exact) mass is 461 g/mol.